The Morgan fingerprint density at radius 3 is 2.44 bits per heavy atom. The highest BCUT2D eigenvalue weighted by molar-refractivity contribution is 6.07. The van der Waals surface area contributed by atoms with Crippen molar-refractivity contribution in [2.45, 2.75) is 25.8 Å². The third-order valence-corrected chi connectivity index (χ3v) is 4.50. The number of hydrogen-bond donors (Lipinski definition) is 1. The van der Waals surface area contributed by atoms with Crippen molar-refractivity contribution in [2.24, 2.45) is 0 Å². The summed E-state index contributed by atoms with van der Waals surface area (Å²) in [5.74, 6) is 0.566. The number of benzene rings is 2. The summed E-state index contributed by atoms with van der Waals surface area (Å²) in [5, 5.41) is 2.84. The maximum Gasteiger partial charge on any atom is 0.325 e. The number of urea groups is 1. The normalized spacial score (nSPS) is 19.8. The molecule has 1 N–H and O–H groups in total. The van der Waals surface area contributed by atoms with Crippen LogP contribution >= 0.6 is 0 Å². The number of hydrogen-bond acceptors (Lipinski definition) is 3. The van der Waals surface area contributed by atoms with E-state index in [0.29, 0.717) is 19.6 Å². The van der Waals surface area contributed by atoms with Crippen molar-refractivity contribution in [3.63, 3.8) is 0 Å². The largest absolute Gasteiger partial charge is 0.494 e. The minimum Gasteiger partial charge on any atom is -0.494 e. The van der Waals surface area contributed by atoms with E-state index in [1.165, 1.54) is 4.90 Å². The maximum absolute atomic E-state index is 12.9. The highest BCUT2D eigenvalue weighted by Crippen LogP contribution is 2.30. The first-order valence-corrected chi connectivity index (χ1v) is 8.40. The predicted molar refractivity (Wildman–Crippen MR) is 95.3 cm³/mol. The molecule has 3 rings (SSSR count). The molecule has 0 bridgehead atoms. The molecular weight excluding hydrogens is 316 g/mol. The zero-order chi connectivity index (χ0) is 17.9. The van der Waals surface area contributed by atoms with Gasteiger partial charge >= 0.3 is 6.03 Å². The van der Waals surface area contributed by atoms with Crippen LogP contribution in [0.25, 0.3) is 0 Å². The van der Waals surface area contributed by atoms with Crippen LogP contribution in [0.15, 0.2) is 54.6 Å². The van der Waals surface area contributed by atoms with Crippen LogP contribution in [-0.2, 0) is 10.3 Å². The molecule has 5 nitrogen and oxygen atoms in total. The average Bonchev–Trinajstić information content (AvgIpc) is 2.83. The van der Waals surface area contributed by atoms with Gasteiger partial charge in [0.1, 0.15) is 11.3 Å². The molecule has 1 aliphatic heterocycles. The highest BCUT2D eigenvalue weighted by Gasteiger charge is 2.49. The van der Waals surface area contributed by atoms with E-state index >= 15 is 0 Å². The number of amides is 3. The second-order valence-electron chi connectivity index (χ2n) is 6.34. The summed E-state index contributed by atoms with van der Waals surface area (Å²) in [6, 6.07) is 16.8. The summed E-state index contributed by atoms with van der Waals surface area (Å²) < 4.78 is 5.62. The van der Waals surface area contributed by atoms with Crippen molar-refractivity contribution in [1.29, 1.82) is 0 Å². The monoisotopic (exact) mass is 338 g/mol. The van der Waals surface area contributed by atoms with E-state index in [2.05, 4.69) is 5.32 Å². The van der Waals surface area contributed by atoms with Gasteiger partial charge in [-0.1, -0.05) is 42.5 Å². The number of para-hydroxylation sites is 1. The van der Waals surface area contributed by atoms with Gasteiger partial charge in [0.2, 0.25) is 0 Å². The maximum atomic E-state index is 12.9. The lowest BCUT2D eigenvalue weighted by Crippen LogP contribution is -2.41. The standard InChI is InChI=1S/C20H22N2O3/c1-15-9-6-7-12-17(15)20(2)18(23)22(19(24)21-20)13-8-14-25-16-10-4-3-5-11-16/h3-7,9-12H,8,13-14H2,1-2H3,(H,21,24). The van der Waals surface area contributed by atoms with Crippen LogP contribution in [0.2, 0.25) is 0 Å². The number of carbonyl (C=O) groups is 2. The van der Waals surface area contributed by atoms with Gasteiger partial charge in [0, 0.05) is 6.54 Å². The minimum atomic E-state index is -1.01. The third-order valence-electron chi connectivity index (χ3n) is 4.50. The van der Waals surface area contributed by atoms with Gasteiger partial charge in [-0.3, -0.25) is 9.69 Å². The van der Waals surface area contributed by atoms with Gasteiger partial charge in [0.25, 0.3) is 5.91 Å². The molecule has 0 aromatic heterocycles. The van der Waals surface area contributed by atoms with Crippen molar-refractivity contribution in [3.8, 4) is 5.75 Å². The van der Waals surface area contributed by atoms with E-state index in [1.54, 1.807) is 6.92 Å². The number of rotatable bonds is 6. The molecule has 1 aliphatic rings. The van der Waals surface area contributed by atoms with E-state index in [-0.39, 0.29) is 11.9 Å². The number of ether oxygens (including phenoxy) is 1. The minimum absolute atomic E-state index is 0.216. The number of imide groups is 1. The molecule has 1 unspecified atom stereocenters. The summed E-state index contributed by atoms with van der Waals surface area (Å²) in [4.78, 5) is 26.4. The average molecular weight is 338 g/mol. The van der Waals surface area contributed by atoms with Gasteiger partial charge in [-0.2, -0.15) is 0 Å². The van der Waals surface area contributed by atoms with Crippen LogP contribution in [0.3, 0.4) is 0 Å². The Morgan fingerprint density at radius 1 is 1.04 bits per heavy atom. The molecule has 2 aromatic carbocycles. The first-order valence-electron chi connectivity index (χ1n) is 8.40. The zero-order valence-corrected chi connectivity index (χ0v) is 14.5. The molecule has 130 valence electrons. The van der Waals surface area contributed by atoms with Gasteiger partial charge in [-0.25, -0.2) is 4.79 Å². The molecule has 1 fully saturated rings. The van der Waals surface area contributed by atoms with Crippen molar-refractivity contribution < 1.29 is 14.3 Å². The van der Waals surface area contributed by atoms with Gasteiger partial charge in [-0.05, 0) is 43.5 Å². The highest BCUT2D eigenvalue weighted by atomic mass is 16.5. The van der Waals surface area contributed by atoms with E-state index in [4.69, 9.17) is 4.74 Å². The van der Waals surface area contributed by atoms with E-state index in [0.717, 1.165) is 16.9 Å². The Kier molecular flexibility index (Phi) is 4.74. The van der Waals surface area contributed by atoms with Gasteiger partial charge in [0.05, 0.1) is 6.61 Å². The van der Waals surface area contributed by atoms with Crippen LogP contribution in [0.4, 0.5) is 4.79 Å². The molecule has 0 saturated carbocycles. The van der Waals surface area contributed by atoms with Crippen molar-refractivity contribution in [3.05, 3.63) is 65.7 Å². The molecule has 0 radical (unpaired) electrons. The number of nitrogens with one attached hydrogen (secondary N) is 1. The fraction of sp³-hybridized carbons (Fsp3) is 0.300. The summed E-state index contributed by atoms with van der Waals surface area (Å²) in [6.07, 6.45) is 0.581. The molecule has 3 amide bonds. The second-order valence-corrected chi connectivity index (χ2v) is 6.34. The van der Waals surface area contributed by atoms with Gasteiger partial charge < -0.3 is 10.1 Å². The summed E-state index contributed by atoms with van der Waals surface area (Å²) in [7, 11) is 0. The molecular formula is C20H22N2O3. The molecule has 0 aliphatic carbocycles. The molecule has 0 spiro atoms. The Hall–Kier alpha value is -2.82. The van der Waals surface area contributed by atoms with Crippen molar-refractivity contribution in [1.82, 2.24) is 10.2 Å². The predicted octanol–water partition coefficient (Wildman–Crippen LogP) is 3.23. The Morgan fingerprint density at radius 2 is 1.72 bits per heavy atom. The first-order chi connectivity index (χ1) is 12.0. The van der Waals surface area contributed by atoms with Crippen LogP contribution < -0.4 is 10.1 Å². The van der Waals surface area contributed by atoms with Crippen LogP contribution in [-0.4, -0.2) is 30.0 Å². The Labute approximate surface area is 147 Å². The molecule has 2 aromatic rings. The van der Waals surface area contributed by atoms with Crippen molar-refractivity contribution >= 4 is 11.9 Å². The summed E-state index contributed by atoms with van der Waals surface area (Å²) in [6.45, 7) is 4.48. The van der Waals surface area contributed by atoms with Crippen LogP contribution in [0.5, 0.6) is 5.75 Å². The van der Waals surface area contributed by atoms with E-state index in [9.17, 15) is 9.59 Å². The number of aryl methyl sites for hydroxylation is 1. The van der Waals surface area contributed by atoms with Crippen LogP contribution in [0, 0.1) is 6.92 Å². The molecule has 1 saturated heterocycles. The fourth-order valence-electron chi connectivity index (χ4n) is 3.15. The van der Waals surface area contributed by atoms with Gasteiger partial charge in [-0.15, -0.1) is 0 Å². The zero-order valence-electron chi connectivity index (χ0n) is 14.5. The van der Waals surface area contributed by atoms with Crippen molar-refractivity contribution in [2.75, 3.05) is 13.2 Å². The summed E-state index contributed by atoms with van der Waals surface area (Å²) >= 11 is 0. The van der Waals surface area contributed by atoms with E-state index in [1.807, 2.05) is 61.5 Å². The quantitative estimate of drug-likeness (QED) is 0.650. The third kappa shape index (κ3) is 3.36. The smallest absolute Gasteiger partial charge is 0.325 e. The van der Waals surface area contributed by atoms with Crippen LogP contribution in [0.1, 0.15) is 24.5 Å². The number of nitrogens with zero attached hydrogens (tertiary/aromatic N) is 1. The SMILES string of the molecule is Cc1ccccc1C1(C)NC(=O)N(CCCOc2ccccc2)C1=O. The lowest BCUT2D eigenvalue weighted by atomic mass is 9.88. The lowest BCUT2D eigenvalue weighted by molar-refractivity contribution is -0.131. The molecule has 1 atom stereocenters. The first kappa shape index (κ1) is 17.0. The molecule has 1 heterocycles. The number of carbonyl (C=O) groups excluding carboxylic acids is 2. The lowest BCUT2D eigenvalue weighted by Gasteiger charge is -2.24. The molecule has 5 heteroatoms. The summed E-state index contributed by atoms with van der Waals surface area (Å²) in [5.41, 5.74) is 0.798. The molecule has 25 heavy (non-hydrogen) atoms. The van der Waals surface area contributed by atoms with Gasteiger partial charge in [0.15, 0.2) is 0 Å². The Balaban J connectivity index is 1.63. The fourth-order valence-corrected chi connectivity index (χ4v) is 3.15. The topological polar surface area (TPSA) is 58.6 Å². The Bertz CT molecular complexity index is 776. The second kappa shape index (κ2) is 6.97. The van der Waals surface area contributed by atoms with E-state index < -0.39 is 5.54 Å².